The molecule has 1 atom stereocenters. The summed E-state index contributed by atoms with van der Waals surface area (Å²) in [6.07, 6.45) is 3.43. The van der Waals surface area contributed by atoms with Crippen LogP contribution in [0.25, 0.3) is 0 Å². The number of hydrogen-bond donors (Lipinski definition) is 1. The van der Waals surface area contributed by atoms with Gasteiger partial charge in [-0.2, -0.15) is 0 Å². The predicted molar refractivity (Wildman–Crippen MR) is 47.6 cm³/mol. The first-order valence-corrected chi connectivity index (χ1v) is 4.33. The van der Waals surface area contributed by atoms with Crippen LogP contribution in [0, 0.1) is 5.92 Å². The van der Waals surface area contributed by atoms with Gasteiger partial charge in [0, 0.05) is 18.5 Å². The Morgan fingerprint density at radius 2 is 2.33 bits per heavy atom. The highest BCUT2D eigenvalue weighted by molar-refractivity contribution is 4.97. The first-order chi connectivity index (χ1) is 5.68. The standard InChI is InChI=1S/C9H16N2O/c1-7(2)5-8(10)6-9-3-4-12-11-9/h3-4,7-8H,5-6,10H2,1-2H3/t8-/m0/s1. The highest BCUT2D eigenvalue weighted by atomic mass is 16.5. The number of rotatable bonds is 4. The van der Waals surface area contributed by atoms with Crippen molar-refractivity contribution in [3.8, 4) is 0 Å². The van der Waals surface area contributed by atoms with Crippen LogP contribution in [0.1, 0.15) is 26.0 Å². The summed E-state index contributed by atoms with van der Waals surface area (Å²) in [5, 5.41) is 3.81. The second-order valence-corrected chi connectivity index (χ2v) is 3.58. The fraction of sp³-hybridized carbons (Fsp3) is 0.667. The molecule has 0 fully saturated rings. The molecule has 0 aliphatic heterocycles. The van der Waals surface area contributed by atoms with Gasteiger partial charge in [-0.05, 0) is 12.3 Å². The van der Waals surface area contributed by atoms with E-state index in [1.807, 2.05) is 6.07 Å². The summed E-state index contributed by atoms with van der Waals surface area (Å²) >= 11 is 0. The Bertz CT molecular complexity index is 206. The zero-order valence-corrected chi connectivity index (χ0v) is 7.66. The first kappa shape index (κ1) is 9.26. The average Bonchev–Trinajstić information content (AvgIpc) is 2.37. The third-order valence-corrected chi connectivity index (χ3v) is 1.74. The van der Waals surface area contributed by atoms with Crippen LogP contribution in [-0.2, 0) is 6.42 Å². The molecule has 0 saturated heterocycles. The molecule has 0 amide bonds. The highest BCUT2D eigenvalue weighted by Gasteiger charge is 2.07. The normalized spacial score (nSPS) is 13.7. The smallest absolute Gasteiger partial charge is 0.124 e. The maximum atomic E-state index is 5.88. The van der Waals surface area contributed by atoms with Crippen molar-refractivity contribution in [2.45, 2.75) is 32.7 Å². The largest absolute Gasteiger partial charge is 0.365 e. The molecule has 68 valence electrons. The molecule has 1 heterocycles. The van der Waals surface area contributed by atoms with E-state index in [1.54, 1.807) is 6.26 Å². The van der Waals surface area contributed by atoms with Crippen molar-refractivity contribution < 1.29 is 4.52 Å². The number of hydrogen-bond acceptors (Lipinski definition) is 3. The molecule has 0 unspecified atom stereocenters. The quantitative estimate of drug-likeness (QED) is 0.742. The van der Waals surface area contributed by atoms with E-state index in [4.69, 9.17) is 10.3 Å². The number of nitrogens with zero attached hydrogens (tertiary/aromatic N) is 1. The number of aromatic nitrogens is 1. The van der Waals surface area contributed by atoms with E-state index in [2.05, 4.69) is 19.0 Å². The Kier molecular flexibility index (Phi) is 3.29. The third kappa shape index (κ3) is 3.05. The molecule has 0 radical (unpaired) electrons. The third-order valence-electron chi connectivity index (χ3n) is 1.74. The van der Waals surface area contributed by atoms with Crippen molar-refractivity contribution in [3.63, 3.8) is 0 Å². The lowest BCUT2D eigenvalue weighted by molar-refractivity contribution is 0.404. The second kappa shape index (κ2) is 4.26. The summed E-state index contributed by atoms with van der Waals surface area (Å²) in [5.74, 6) is 0.645. The van der Waals surface area contributed by atoms with Crippen LogP contribution < -0.4 is 5.73 Å². The highest BCUT2D eigenvalue weighted by Crippen LogP contribution is 2.07. The summed E-state index contributed by atoms with van der Waals surface area (Å²) in [5.41, 5.74) is 6.83. The van der Waals surface area contributed by atoms with E-state index >= 15 is 0 Å². The van der Waals surface area contributed by atoms with Crippen LogP contribution in [-0.4, -0.2) is 11.2 Å². The van der Waals surface area contributed by atoms with Gasteiger partial charge < -0.3 is 10.3 Å². The van der Waals surface area contributed by atoms with Gasteiger partial charge in [-0.1, -0.05) is 19.0 Å². The summed E-state index contributed by atoms with van der Waals surface area (Å²) in [4.78, 5) is 0. The maximum Gasteiger partial charge on any atom is 0.124 e. The second-order valence-electron chi connectivity index (χ2n) is 3.58. The van der Waals surface area contributed by atoms with Gasteiger partial charge in [-0.25, -0.2) is 0 Å². The molecule has 12 heavy (non-hydrogen) atoms. The molecule has 2 N–H and O–H groups in total. The molecule has 3 heteroatoms. The zero-order valence-electron chi connectivity index (χ0n) is 7.66. The van der Waals surface area contributed by atoms with Crippen LogP contribution in [0.3, 0.4) is 0 Å². The Morgan fingerprint density at radius 3 is 2.83 bits per heavy atom. The molecule has 0 aliphatic rings. The van der Waals surface area contributed by atoms with Crippen molar-refractivity contribution in [2.24, 2.45) is 11.7 Å². The summed E-state index contributed by atoms with van der Waals surface area (Å²) in [7, 11) is 0. The minimum absolute atomic E-state index is 0.204. The SMILES string of the molecule is CC(C)C[C@H](N)Cc1ccon1. The van der Waals surface area contributed by atoms with Crippen LogP contribution in [0.4, 0.5) is 0 Å². The van der Waals surface area contributed by atoms with Gasteiger partial charge in [0.25, 0.3) is 0 Å². The minimum Gasteiger partial charge on any atom is -0.365 e. The van der Waals surface area contributed by atoms with Gasteiger partial charge in [0.1, 0.15) is 6.26 Å². The first-order valence-electron chi connectivity index (χ1n) is 4.33. The van der Waals surface area contributed by atoms with Crippen molar-refractivity contribution in [1.29, 1.82) is 0 Å². The molecule has 1 aromatic rings. The maximum absolute atomic E-state index is 5.88. The fourth-order valence-corrected chi connectivity index (χ4v) is 1.30. The predicted octanol–water partition coefficient (Wildman–Crippen LogP) is 1.59. The van der Waals surface area contributed by atoms with Gasteiger partial charge in [0.2, 0.25) is 0 Å². The van der Waals surface area contributed by atoms with Crippen LogP contribution in [0.15, 0.2) is 16.9 Å². The van der Waals surface area contributed by atoms with Crippen molar-refractivity contribution in [2.75, 3.05) is 0 Å². The van der Waals surface area contributed by atoms with Crippen LogP contribution >= 0.6 is 0 Å². The molecule has 0 aliphatic carbocycles. The molecule has 0 saturated carbocycles. The van der Waals surface area contributed by atoms with E-state index in [-0.39, 0.29) is 6.04 Å². The Hall–Kier alpha value is -0.830. The topological polar surface area (TPSA) is 52.0 Å². The lowest BCUT2D eigenvalue weighted by Crippen LogP contribution is -2.24. The average molecular weight is 168 g/mol. The summed E-state index contributed by atoms with van der Waals surface area (Å²) in [6, 6.07) is 2.07. The van der Waals surface area contributed by atoms with Crippen LogP contribution in [0.2, 0.25) is 0 Å². The van der Waals surface area contributed by atoms with Gasteiger partial charge in [-0.3, -0.25) is 0 Å². The van der Waals surface area contributed by atoms with E-state index in [0.717, 1.165) is 18.5 Å². The van der Waals surface area contributed by atoms with E-state index in [9.17, 15) is 0 Å². The molecule has 0 bridgehead atoms. The van der Waals surface area contributed by atoms with Crippen LogP contribution in [0.5, 0.6) is 0 Å². The molecule has 0 spiro atoms. The van der Waals surface area contributed by atoms with Gasteiger partial charge in [0.05, 0.1) is 5.69 Å². The molecule has 1 rings (SSSR count). The van der Waals surface area contributed by atoms with Crippen molar-refractivity contribution in [3.05, 3.63) is 18.0 Å². The Labute approximate surface area is 72.9 Å². The zero-order chi connectivity index (χ0) is 8.97. The molecule has 3 nitrogen and oxygen atoms in total. The minimum atomic E-state index is 0.204. The van der Waals surface area contributed by atoms with Crippen molar-refractivity contribution in [1.82, 2.24) is 5.16 Å². The Morgan fingerprint density at radius 1 is 1.58 bits per heavy atom. The Balaban J connectivity index is 2.32. The molecular weight excluding hydrogens is 152 g/mol. The van der Waals surface area contributed by atoms with Gasteiger partial charge in [-0.15, -0.1) is 0 Å². The van der Waals surface area contributed by atoms with Gasteiger partial charge >= 0.3 is 0 Å². The summed E-state index contributed by atoms with van der Waals surface area (Å²) in [6.45, 7) is 4.34. The van der Waals surface area contributed by atoms with E-state index < -0.39 is 0 Å². The summed E-state index contributed by atoms with van der Waals surface area (Å²) < 4.78 is 4.71. The molecule has 1 aromatic heterocycles. The van der Waals surface area contributed by atoms with Crippen molar-refractivity contribution >= 4 is 0 Å². The lowest BCUT2D eigenvalue weighted by atomic mass is 10.0. The molecule has 0 aromatic carbocycles. The monoisotopic (exact) mass is 168 g/mol. The van der Waals surface area contributed by atoms with Gasteiger partial charge in [0.15, 0.2) is 0 Å². The lowest BCUT2D eigenvalue weighted by Gasteiger charge is -2.11. The van der Waals surface area contributed by atoms with E-state index in [0.29, 0.717) is 5.92 Å². The van der Waals surface area contributed by atoms with E-state index in [1.165, 1.54) is 0 Å². The fourth-order valence-electron chi connectivity index (χ4n) is 1.30. The number of nitrogens with two attached hydrogens (primary N) is 1. The molecular formula is C9H16N2O.